The van der Waals surface area contributed by atoms with Crippen LogP contribution in [-0.4, -0.2) is 40.0 Å². The van der Waals surface area contributed by atoms with Crippen molar-refractivity contribution in [1.82, 2.24) is 14.5 Å². The van der Waals surface area contributed by atoms with Crippen LogP contribution in [0.15, 0.2) is 12.1 Å². The first-order valence-corrected chi connectivity index (χ1v) is 8.11. The minimum Gasteiger partial charge on any atom is -0.326 e. The van der Waals surface area contributed by atoms with Gasteiger partial charge in [0.15, 0.2) is 0 Å². The van der Waals surface area contributed by atoms with E-state index < -0.39 is 5.82 Å². The Kier molecular flexibility index (Phi) is 4.38. The molecule has 1 atom stereocenters. The summed E-state index contributed by atoms with van der Waals surface area (Å²) >= 11 is 11.7. The van der Waals surface area contributed by atoms with Gasteiger partial charge < -0.3 is 9.47 Å². The van der Waals surface area contributed by atoms with Crippen LogP contribution in [0.25, 0.3) is 11.0 Å². The number of fused-ring (bicyclic) bond motifs is 1. The average molecular weight is 330 g/mol. The van der Waals surface area contributed by atoms with Crippen molar-refractivity contribution in [1.29, 1.82) is 0 Å². The summed E-state index contributed by atoms with van der Waals surface area (Å²) in [5, 5.41) is 0.113. The fourth-order valence-corrected chi connectivity index (χ4v) is 3.40. The van der Waals surface area contributed by atoms with Crippen molar-refractivity contribution < 1.29 is 4.39 Å². The maximum absolute atomic E-state index is 13.8. The molecule has 0 radical (unpaired) electrons. The van der Waals surface area contributed by atoms with E-state index >= 15 is 0 Å². The monoisotopic (exact) mass is 329 g/mol. The van der Waals surface area contributed by atoms with Gasteiger partial charge in [-0.25, -0.2) is 9.37 Å². The summed E-state index contributed by atoms with van der Waals surface area (Å²) in [5.74, 6) is 1.00. The van der Waals surface area contributed by atoms with Crippen molar-refractivity contribution in [3.8, 4) is 0 Å². The number of halogens is 3. The highest BCUT2D eigenvalue weighted by atomic mass is 35.5. The number of hydrogen-bond donors (Lipinski definition) is 0. The molecule has 2 aromatic rings. The average Bonchev–Trinajstić information content (AvgIpc) is 2.98. The number of alkyl halides is 1. The Morgan fingerprint density at radius 3 is 2.90 bits per heavy atom. The van der Waals surface area contributed by atoms with Crippen LogP contribution in [0.2, 0.25) is 5.02 Å². The van der Waals surface area contributed by atoms with E-state index in [0.29, 0.717) is 18.3 Å². The Hall–Kier alpha value is -0.840. The molecule has 1 aromatic heterocycles. The van der Waals surface area contributed by atoms with E-state index in [1.165, 1.54) is 12.5 Å². The Morgan fingerprint density at radius 2 is 2.24 bits per heavy atom. The number of aryl methyl sites for hydroxylation is 1. The number of likely N-dealkylation sites (N-methyl/N-ethyl adjacent to an activating group) is 1. The lowest BCUT2D eigenvalue weighted by molar-refractivity contribution is 0.282. The van der Waals surface area contributed by atoms with Gasteiger partial charge in [-0.15, -0.1) is 11.6 Å². The van der Waals surface area contributed by atoms with Gasteiger partial charge in [0.2, 0.25) is 0 Å². The predicted molar refractivity (Wildman–Crippen MR) is 84.8 cm³/mol. The van der Waals surface area contributed by atoms with Gasteiger partial charge in [0.1, 0.15) is 11.6 Å². The third-order valence-corrected chi connectivity index (χ3v) is 4.73. The van der Waals surface area contributed by atoms with Crippen LogP contribution in [-0.2, 0) is 13.0 Å². The van der Waals surface area contributed by atoms with Gasteiger partial charge in [-0.05, 0) is 32.5 Å². The number of benzene rings is 1. The molecule has 3 nitrogen and oxygen atoms in total. The second-order valence-electron chi connectivity index (χ2n) is 5.61. The van der Waals surface area contributed by atoms with Crippen molar-refractivity contribution >= 4 is 34.2 Å². The zero-order valence-corrected chi connectivity index (χ0v) is 13.5. The molecule has 6 heteroatoms. The molecule has 0 aliphatic carbocycles. The second-order valence-corrected chi connectivity index (χ2v) is 6.39. The van der Waals surface area contributed by atoms with Gasteiger partial charge in [0.25, 0.3) is 0 Å². The van der Waals surface area contributed by atoms with Crippen LogP contribution in [0.3, 0.4) is 0 Å². The molecule has 0 bridgehead atoms. The Morgan fingerprint density at radius 1 is 1.43 bits per heavy atom. The van der Waals surface area contributed by atoms with E-state index in [1.807, 2.05) is 0 Å². The first kappa shape index (κ1) is 15.1. The number of aromatic nitrogens is 2. The van der Waals surface area contributed by atoms with Gasteiger partial charge in [-0.2, -0.15) is 0 Å². The first-order valence-electron chi connectivity index (χ1n) is 7.20. The normalized spacial score (nSPS) is 19.7. The zero-order chi connectivity index (χ0) is 15.0. The van der Waals surface area contributed by atoms with E-state index in [4.69, 9.17) is 23.2 Å². The molecule has 1 fully saturated rings. The standard InChI is InChI=1S/C15H18Cl2FN3/c1-20-6-2-3-10(20)9-21-14-8-12(18)11(17)7-13(14)19-15(21)4-5-16/h7-8,10H,2-6,9H2,1H3. The number of hydrogen-bond acceptors (Lipinski definition) is 2. The first-order chi connectivity index (χ1) is 10.1. The van der Waals surface area contributed by atoms with E-state index in [0.717, 1.165) is 36.4 Å². The van der Waals surface area contributed by atoms with Crippen molar-refractivity contribution in [2.24, 2.45) is 0 Å². The summed E-state index contributed by atoms with van der Waals surface area (Å²) in [5.41, 5.74) is 1.54. The lowest BCUT2D eigenvalue weighted by atomic mass is 10.2. The van der Waals surface area contributed by atoms with Crippen LogP contribution in [0.4, 0.5) is 4.39 Å². The molecule has 1 aliphatic rings. The summed E-state index contributed by atoms with van der Waals surface area (Å²) in [4.78, 5) is 6.93. The third kappa shape index (κ3) is 2.89. The molecule has 1 aliphatic heterocycles. The fraction of sp³-hybridized carbons (Fsp3) is 0.533. The quantitative estimate of drug-likeness (QED) is 0.797. The Balaban J connectivity index is 2.04. The molecule has 0 saturated carbocycles. The van der Waals surface area contributed by atoms with Crippen molar-refractivity contribution in [2.45, 2.75) is 31.8 Å². The fourth-order valence-electron chi connectivity index (χ4n) is 3.07. The highest BCUT2D eigenvalue weighted by Crippen LogP contribution is 2.26. The lowest BCUT2D eigenvalue weighted by Crippen LogP contribution is -2.30. The van der Waals surface area contributed by atoms with Gasteiger partial charge in [-0.1, -0.05) is 11.6 Å². The molecule has 1 unspecified atom stereocenters. The van der Waals surface area contributed by atoms with Crippen molar-refractivity contribution in [3.63, 3.8) is 0 Å². The predicted octanol–water partition coefficient (Wildman–Crippen LogP) is 3.70. The summed E-state index contributed by atoms with van der Waals surface area (Å²) in [7, 11) is 2.13. The van der Waals surface area contributed by atoms with Crippen molar-refractivity contribution in [2.75, 3.05) is 19.5 Å². The van der Waals surface area contributed by atoms with Crippen LogP contribution in [0.5, 0.6) is 0 Å². The highest BCUT2D eigenvalue weighted by molar-refractivity contribution is 6.31. The summed E-state index contributed by atoms with van der Waals surface area (Å²) in [6, 6.07) is 3.55. The molecular weight excluding hydrogens is 312 g/mol. The molecule has 1 aromatic carbocycles. The maximum Gasteiger partial charge on any atom is 0.144 e. The largest absolute Gasteiger partial charge is 0.326 e. The summed E-state index contributed by atoms with van der Waals surface area (Å²) < 4.78 is 15.9. The molecule has 1 saturated heterocycles. The summed E-state index contributed by atoms with van der Waals surface area (Å²) in [6.45, 7) is 1.93. The van der Waals surface area contributed by atoms with Gasteiger partial charge in [0, 0.05) is 31.0 Å². The number of imidazole rings is 1. The van der Waals surface area contributed by atoms with Crippen LogP contribution < -0.4 is 0 Å². The Bertz CT molecular complexity index is 656. The topological polar surface area (TPSA) is 21.1 Å². The maximum atomic E-state index is 13.8. The van der Waals surface area contributed by atoms with E-state index in [2.05, 4.69) is 21.5 Å². The minimum absolute atomic E-state index is 0.113. The van der Waals surface area contributed by atoms with Gasteiger partial charge >= 0.3 is 0 Å². The molecule has 0 amide bonds. The van der Waals surface area contributed by atoms with E-state index in [-0.39, 0.29) is 5.02 Å². The van der Waals surface area contributed by atoms with E-state index in [9.17, 15) is 4.39 Å². The smallest absolute Gasteiger partial charge is 0.144 e. The van der Waals surface area contributed by atoms with Crippen LogP contribution in [0.1, 0.15) is 18.7 Å². The molecule has 0 spiro atoms. The molecule has 0 N–H and O–H groups in total. The SMILES string of the molecule is CN1CCCC1Cn1c(CCCl)nc2cc(Cl)c(F)cc21. The molecular formula is C15H18Cl2FN3. The number of nitrogens with zero attached hydrogens (tertiary/aromatic N) is 3. The molecule has 3 rings (SSSR count). The zero-order valence-electron chi connectivity index (χ0n) is 12.0. The number of rotatable bonds is 4. The molecule has 21 heavy (non-hydrogen) atoms. The molecule has 2 heterocycles. The van der Waals surface area contributed by atoms with Gasteiger partial charge in [0.05, 0.1) is 16.1 Å². The van der Waals surface area contributed by atoms with Crippen LogP contribution >= 0.6 is 23.2 Å². The third-order valence-electron chi connectivity index (χ3n) is 4.25. The van der Waals surface area contributed by atoms with E-state index in [1.54, 1.807) is 6.07 Å². The van der Waals surface area contributed by atoms with Crippen molar-refractivity contribution in [3.05, 3.63) is 28.8 Å². The number of likely N-dealkylation sites (tertiary alicyclic amines) is 1. The summed E-state index contributed by atoms with van der Waals surface area (Å²) in [6.07, 6.45) is 3.04. The highest BCUT2D eigenvalue weighted by Gasteiger charge is 2.23. The molecule has 114 valence electrons. The van der Waals surface area contributed by atoms with Crippen LogP contribution in [0, 0.1) is 5.82 Å². The van der Waals surface area contributed by atoms with Gasteiger partial charge in [-0.3, -0.25) is 0 Å². The minimum atomic E-state index is -0.400. The Labute approximate surface area is 133 Å². The lowest BCUT2D eigenvalue weighted by Gasteiger charge is -2.21. The second kappa shape index (κ2) is 6.11.